The van der Waals surface area contributed by atoms with Crippen LogP contribution >= 0.6 is 0 Å². The first-order valence-electron chi connectivity index (χ1n) is 8.70. The fourth-order valence-corrected chi connectivity index (χ4v) is 3.02. The van der Waals surface area contributed by atoms with Crippen molar-refractivity contribution in [2.45, 2.75) is 13.8 Å². The molecule has 0 aliphatic carbocycles. The Labute approximate surface area is 162 Å². The molecule has 2 aromatic carbocycles. The molecule has 1 heterocycles. The molecule has 1 fully saturated rings. The van der Waals surface area contributed by atoms with Gasteiger partial charge in [0.05, 0.1) is 23.9 Å². The van der Waals surface area contributed by atoms with Crippen LogP contribution in [0.4, 0.5) is 5.69 Å². The van der Waals surface area contributed by atoms with E-state index in [1.165, 1.54) is 31.2 Å². The van der Waals surface area contributed by atoms with E-state index in [0.29, 0.717) is 11.3 Å². The van der Waals surface area contributed by atoms with Crippen LogP contribution in [0.3, 0.4) is 0 Å². The Kier molecular flexibility index (Phi) is 5.14. The van der Waals surface area contributed by atoms with Crippen molar-refractivity contribution >= 4 is 23.5 Å². The van der Waals surface area contributed by atoms with Crippen molar-refractivity contribution in [1.29, 1.82) is 5.26 Å². The van der Waals surface area contributed by atoms with E-state index < -0.39 is 23.2 Å². The fourth-order valence-electron chi connectivity index (χ4n) is 3.02. The maximum Gasteiger partial charge on any atom is 0.302 e. The molecule has 0 bridgehead atoms. The summed E-state index contributed by atoms with van der Waals surface area (Å²) in [6, 6.07) is 17.1. The van der Waals surface area contributed by atoms with Crippen LogP contribution in [0.5, 0.6) is 0 Å². The van der Waals surface area contributed by atoms with E-state index in [-0.39, 0.29) is 18.7 Å². The van der Waals surface area contributed by atoms with Crippen LogP contribution in [0.1, 0.15) is 29.8 Å². The maximum atomic E-state index is 13.2. The molecule has 0 unspecified atom stereocenters. The molecule has 2 aromatic rings. The smallest absolute Gasteiger partial charge is 0.302 e. The fraction of sp³-hybridized carbons (Fsp3) is 0.238. The monoisotopic (exact) mass is 377 g/mol. The van der Waals surface area contributed by atoms with Gasteiger partial charge in [0.2, 0.25) is 0 Å². The third-order valence-corrected chi connectivity index (χ3v) is 4.55. The van der Waals surface area contributed by atoms with Gasteiger partial charge >= 0.3 is 5.97 Å². The van der Waals surface area contributed by atoms with Crippen LogP contribution in [0.2, 0.25) is 0 Å². The number of para-hydroxylation sites is 1. The Hall–Kier alpha value is -3.66. The highest BCUT2D eigenvalue weighted by atomic mass is 16.5. The number of anilines is 1. The second-order valence-corrected chi connectivity index (χ2v) is 6.85. The molecular formula is C21H19N3O4. The lowest BCUT2D eigenvalue weighted by Crippen LogP contribution is -2.44. The largest absolute Gasteiger partial charge is 0.465 e. The van der Waals surface area contributed by atoms with Gasteiger partial charge in [0.15, 0.2) is 0 Å². The van der Waals surface area contributed by atoms with Gasteiger partial charge in [-0.25, -0.2) is 0 Å². The minimum atomic E-state index is -1.07. The highest BCUT2D eigenvalue weighted by Crippen LogP contribution is 2.35. The average Bonchev–Trinajstić information content (AvgIpc) is 2.98. The van der Waals surface area contributed by atoms with Crippen LogP contribution in [-0.4, -0.2) is 35.9 Å². The average molecular weight is 377 g/mol. The molecule has 1 saturated heterocycles. The summed E-state index contributed by atoms with van der Waals surface area (Å²) in [6.07, 6.45) is 0. The summed E-state index contributed by atoms with van der Waals surface area (Å²) >= 11 is 0. The lowest BCUT2D eigenvalue weighted by molar-refractivity contribution is -0.147. The van der Waals surface area contributed by atoms with Crippen molar-refractivity contribution in [3.8, 4) is 6.07 Å². The second-order valence-electron chi connectivity index (χ2n) is 6.85. The van der Waals surface area contributed by atoms with E-state index in [1.807, 2.05) is 24.3 Å². The van der Waals surface area contributed by atoms with Gasteiger partial charge in [-0.1, -0.05) is 18.2 Å². The summed E-state index contributed by atoms with van der Waals surface area (Å²) in [5, 5.41) is 11.6. The Bertz CT molecular complexity index is 950. The van der Waals surface area contributed by atoms with Gasteiger partial charge in [-0.3, -0.25) is 19.4 Å². The minimum absolute atomic E-state index is 0.123. The topological polar surface area (TPSA) is 90.7 Å². The number of nitriles is 1. The number of hydrogen-bond donors (Lipinski definition) is 0. The first-order valence-corrected chi connectivity index (χ1v) is 8.70. The molecule has 1 aliphatic heterocycles. The molecule has 0 radical (unpaired) electrons. The van der Waals surface area contributed by atoms with Crippen LogP contribution < -0.4 is 5.01 Å². The summed E-state index contributed by atoms with van der Waals surface area (Å²) in [4.78, 5) is 37.6. The number of nitrogens with zero attached hydrogens (tertiary/aromatic N) is 3. The maximum absolute atomic E-state index is 13.2. The zero-order valence-electron chi connectivity index (χ0n) is 15.6. The van der Waals surface area contributed by atoms with Crippen molar-refractivity contribution in [3.63, 3.8) is 0 Å². The van der Waals surface area contributed by atoms with E-state index in [0.717, 1.165) is 5.01 Å². The molecule has 1 atom stereocenters. The molecule has 0 saturated carbocycles. The molecule has 7 heteroatoms. The molecule has 0 N–H and O–H groups in total. The molecular weight excluding hydrogens is 358 g/mol. The number of hydrazine groups is 1. The molecule has 0 aromatic heterocycles. The van der Waals surface area contributed by atoms with Crippen molar-refractivity contribution in [1.82, 2.24) is 5.01 Å². The SMILES string of the molecule is CC(=O)OC[C@]1(C)CN(c2ccccc2)N(C(=O)c2ccc(C#N)cc2)C1=O. The van der Waals surface area contributed by atoms with Crippen LogP contribution in [-0.2, 0) is 14.3 Å². The zero-order valence-corrected chi connectivity index (χ0v) is 15.6. The van der Waals surface area contributed by atoms with Crippen LogP contribution in [0, 0.1) is 16.7 Å². The first kappa shape index (κ1) is 19.1. The summed E-state index contributed by atoms with van der Waals surface area (Å²) < 4.78 is 5.09. The number of ether oxygens (including phenoxy) is 1. The number of benzene rings is 2. The van der Waals surface area contributed by atoms with E-state index in [2.05, 4.69) is 0 Å². The Morgan fingerprint density at radius 2 is 1.79 bits per heavy atom. The molecule has 3 rings (SSSR count). The molecule has 28 heavy (non-hydrogen) atoms. The lowest BCUT2D eigenvalue weighted by atomic mass is 9.92. The Morgan fingerprint density at radius 1 is 1.14 bits per heavy atom. The standard InChI is InChI=1S/C21H19N3O4/c1-15(25)28-14-21(2)13-23(18-6-4-3-5-7-18)24(20(21)27)19(26)17-10-8-16(12-22)9-11-17/h3-11H,13-14H2,1-2H3/t21-/m0/s1. The molecule has 0 spiro atoms. The van der Waals surface area contributed by atoms with Crippen molar-refractivity contribution in [3.05, 3.63) is 65.7 Å². The number of hydrogen-bond acceptors (Lipinski definition) is 6. The predicted molar refractivity (Wildman–Crippen MR) is 101 cm³/mol. The number of carbonyl (C=O) groups excluding carboxylic acids is 3. The van der Waals surface area contributed by atoms with E-state index in [4.69, 9.17) is 10.00 Å². The van der Waals surface area contributed by atoms with Crippen molar-refractivity contribution < 1.29 is 19.1 Å². The van der Waals surface area contributed by atoms with Gasteiger partial charge in [-0.05, 0) is 43.3 Å². The van der Waals surface area contributed by atoms with Gasteiger partial charge in [-0.15, -0.1) is 0 Å². The molecule has 7 nitrogen and oxygen atoms in total. The van der Waals surface area contributed by atoms with Gasteiger partial charge in [0.25, 0.3) is 11.8 Å². The van der Waals surface area contributed by atoms with E-state index in [9.17, 15) is 14.4 Å². The second kappa shape index (κ2) is 7.53. The Balaban J connectivity index is 1.98. The summed E-state index contributed by atoms with van der Waals surface area (Å²) in [5.41, 5.74) is 0.308. The predicted octanol–water partition coefficient (Wildman–Crippen LogP) is 2.53. The van der Waals surface area contributed by atoms with Gasteiger partial charge in [-0.2, -0.15) is 10.3 Å². The highest BCUT2D eigenvalue weighted by Gasteiger charge is 2.51. The number of carbonyl (C=O) groups is 3. The third-order valence-electron chi connectivity index (χ3n) is 4.55. The minimum Gasteiger partial charge on any atom is -0.465 e. The van der Waals surface area contributed by atoms with Crippen LogP contribution in [0.15, 0.2) is 54.6 Å². The molecule has 1 aliphatic rings. The highest BCUT2D eigenvalue weighted by molar-refractivity contribution is 6.09. The van der Waals surface area contributed by atoms with E-state index in [1.54, 1.807) is 24.1 Å². The van der Waals surface area contributed by atoms with Crippen molar-refractivity contribution in [2.75, 3.05) is 18.2 Å². The Morgan fingerprint density at radius 3 is 2.36 bits per heavy atom. The van der Waals surface area contributed by atoms with Crippen molar-refractivity contribution in [2.24, 2.45) is 5.41 Å². The van der Waals surface area contributed by atoms with Crippen LogP contribution in [0.25, 0.3) is 0 Å². The normalized spacial score (nSPS) is 18.7. The first-order chi connectivity index (χ1) is 13.4. The van der Waals surface area contributed by atoms with Gasteiger partial charge in [0, 0.05) is 12.5 Å². The summed E-state index contributed by atoms with van der Waals surface area (Å²) in [6.45, 7) is 3.00. The third kappa shape index (κ3) is 3.58. The number of esters is 1. The summed E-state index contributed by atoms with van der Waals surface area (Å²) in [7, 11) is 0. The lowest BCUT2D eigenvalue weighted by Gasteiger charge is -2.27. The van der Waals surface area contributed by atoms with Gasteiger partial charge in [0.1, 0.15) is 12.0 Å². The van der Waals surface area contributed by atoms with E-state index >= 15 is 0 Å². The van der Waals surface area contributed by atoms with Gasteiger partial charge < -0.3 is 4.74 Å². The summed E-state index contributed by atoms with van der Waals surface area (Å²) in [5.74, 6) is -1.45. The number of amides is 2. The molecule has 142 valence electrons. The molecule has 2 amide bonds. The zero-order chi connectivity index (χ0) is 20.3. The quantitative estimate of drug-likeness (QED) is 0.601. The number of rotatable bonds is 4. The number of imide groups is 1.